The van der Waals surface area contributed by atoms with E-state index in [2.05, 4.69) is 31.9 Å². The molecule has 8 heteroatoms. The number of pyridine rings is 1. The smallest absolute Gasteiger partial charge is 0.250 e. The number of hydrogen-bond acceptors (Lipinski definition) is 6. The summed E-state index contributed by atoms with van der Waals surface area (Å²) in [6.45, 7) is 4.08. The van der Waals surface area contributed by atoms with E-state index in [0.717, 1.165) is 48.9 Å². The van der Waals surface area contributed by atoms with E-state index in [-0.39, 0.29) is 12.5 Å². The maximum atomic E-state index is 12.1. The van der Waals surface area contributed by atoms with E-state index in [1.54, 1.807) is 7.11 Å². The van der Waals surface area contributed by atoms with Gasteiger partial charge in [-0.05, 0) is 24.3 Å². The highest BCUT2D eigenvalue weighted by atomic mass is 16.5. The van der Waals surface area contributed by atoms with Crippen molar-refractivity contribution >= 4 is 22.9 Å². The molecule has 3 aromatic rings. The monoisotopic (exact) mass is 410 g/mol. The summed E-state index contributed by atoms with van der Waals surface area (Å²) in [5.74, 6) is -0.198. The molecule has 1 aromatic carbocycles. The molecule has 0 bridgehead atoms. The van der Waals surface area contributed by atoms with Crippen LogP contribution < -0.4 is 10.2 Å². The molecule has 1 saturated heterocycles. The second kappa shape index (κ2) is 9.71. The molecule has 158 valence electrons. The minimum absolute atomic E-state index is 0.00783. The Morgan fingerprint density at radius 1 is 1.20 bits per heavy atom. The minimum Gasteiger partial charge on any atom is -0.382 e. The van der Waals surface area contributed by atoms with E-state index < -0.39 is 0 Å². The van der Waals surface area contributed by atoms with Gasteiger partial charge >= 0.3 is 0 Å². The van der Waals surface area contributed by atoms with Gasteiger partial charge in [0.1, 0.15) is 12.3 Å². The van der Waals surface area contributed by atoms with Gasteiger partial charge in [-0.25, -0.2) is 4.98 Å². The van der Waals surface area contributed by atoms with Crippen LogP contribution in [-0.2, 0) is 19.0 Å². The molecule has 0 saturated carbocycles. The number of hydrogen-bond donors (Lipinski definition) is 1. The third-order valence-corrected chi connectivity index (χ3v) is 4.97. The SMILES string of the molecule is COCCOCC(=O)Nc1cccc(-c2cnc3ccc(N4CCOCC4)cn23)c1. The first kappa shape index (κ1) is 20.3. The van der Waals surface area contributed by atoms with Crippen LogP contribution in [0.25, 0.3) is 16.9 Å². The first-order valence-electron chi connectivity index (χ1n) is 10.0. The number of morpholine rings is 1. The number of rotatable bonds is 8. The van der Waals surface area contributed by atoms with Crippen LogP contribution >= 0.6 is 0 Å². The van der Waals surface area contributed by atoms with Gasteiger partial charge in [-0.2, -0.15) is 0 Å². The highest BCUT2D eigenvalue weighted by Gasteiger charge is 2.14. The largest absolute Gasteiger partial charge is 0.382 e. The average Bonchev–Trinajstić information content (AvgIpc) is 3.21. The van der Waals surface area contributed by atoms with E-state index in [4.69, 9.17) is 14.2 Å². The standard InChI is InChI=1S/C22H26N4O4/c1-28-11-12-30-16-22(27)24-18-4-2-3-17(13-18)20-14-23-21-6-5-19(15-26(20)21)25-7-9-29-10-8-25/h2-6,13-15H,7-12,16H2,1H3,(H,24,27). The molecule has 2 aromatic heterocycles. The molecule has 0 spiro atoms. The number of carbonyl (C=O) groups is 1. The van der Waals surface area contributed by atoms with Gasteiger partial charge < -0.3 is 24.4 Å². The summed E-state index contributed by atoms with van der Waals surface area (Å²) in [6.07, 6.45) is 3.96. The molecular formula is C22H26N4O4. The van der Waals surface area contributed by atoms with Crippen LogP contribution in [0.15, 0.2) is 48.8 Å². The highest BCUT2D eigenvalue weighted by molar-refractivity contribution is 5.92. The molecule has 1 fully saturated rings. The molecule has 8 nitrogen and oxygen atoms in total. The fourth-order valence-electron chi connectivity index (χ4n) is 3.45. The molecule has 1 aliphatic heterocycles. The Morgan fingerprint density at radius 3 is 2.90 bits per heavy atom. The van der Waals surface area contributed by atoms with Crippen molar-refractivity contribution in [3.05, 3.63) is 48.8 Å². The van der Waals surface area contributed by atoms with Gasteiger partial charge in [0.05, 0.1) is 44.0 Å². The Labute approximate surface area is 175 Å². The van der Waals surface area contributed by atoms with E-state index in [0.29, 0.717) is 18.9 Å². The number of carbonyl (C=O) groups excluding carboxylic acids is 1. The lowest BCUT2D eigenvalue weighted by Gasteiger charge is -2.28. The number of imidazole rings is 1. The second-order valence-electron chi connectivity index (χ2n) is 7.03. The summed E-state index contributed by atoms with van der Waals surface area (Å²) in [6, 6.07) is 11.9. The van der Waals surface area contributed by atoms with Crippen LogP contribution in [-0.4, -0.2) is 68.5 Å². The van der Waals surface area contributed by atoms with Crippen LogP contribution in [0.2, 0.25) is 0 Å². The molecule has 0 aliphatic carbocycles. The van der Waals surface area contributed by atoms with Crippen LogP contribution in [0.3, 0.4) is 0 Å². The summed E-state index contributed by atoms with van der Waals surface area (Å²) in [5.41, 5.74) is 4.67. The van der Waals surface area contributed by atoms with Crippen LogP contribution in [0, 0.1) is 0 Å². The summed E-state index contributed by atoms with van der Waals surface area (Å²) in [4.78, 5) is 18.9. The Morgan fingerprint density at radius 2 is 2.07 bits per heavy atom. The number of fused-ring (bicyclic) bond motifs is 1. The van der Waals surface area contributed by atoms with Crippen LogP contribution in [0.4, 0.5) is 11.4 Å². The van der Waals surface area contributed by atoms with Gasteiger partial charge in [-0.15, -0.1) is 0 Å². The molecule has 4 rings (SSSR count). The summed E-state index contributed by atoms with van der Waals surface area (Å²) >= 11 is 0. The van der Waals surface area contributed by atoms with E-state index >= 15 is 0 Å². The number of benzene rings is 1. The van der Waals surface area contributed by atoms with Gasteiger partial charge in [0.15, 0.2) is 0 Å². The lowest BCUT2D eigenvalue weighted by molar-refractivity contribution is -0.121. The zero-order valence-corrected chi connectivity index (χ0v) is 17.0. The van der Waals surface area contributed by atoms with Gasteiger partial charge in [0.2, 0.25) is 5.91 Å². The fraction of sp³-hybridized carbons (Fsp3) is 0.364. The second-order valence-corrected chi connectivity index (χ2v) is 7.03. The molecule has 1 N–H and O–H groups in total. The average molecular weight is 410 g/mol. The minimum atomic E-state index is -0.198. The number of aromatic nitrogens is 2. The fourth-order valence-corrected chi connectivity index (χ4v) is 3.45. The molecule has 3 heterocycles. The third-order valence-electron chi connectivity index (χ3n) is 4.97. The number of nitrogens with one attached hydrogen (secondary N) is 1. The Hall–Kier alpha value is -2.94. The Bertz CT molecular complexity index is 998. The van der Waals surface area contributed by atoms with Crippen molar-refractivity contribution in [3.8, 4) is 11.3 Å². The van der Waals surface area contributed by atoms with Crippen molar-refractivity contribution < 1.29 is 19.0 Å². The Kier molecular flexibility index (Phi) is 6.58. The molecule has 30 heavy (non-hydrogen) atoms. The highest BCUT2D eigenvalue weighted by Crippen LogP contribution is 2.26. The number of anilines is 2. The number of methoxy groups -OCH3 is 1. The van der Waals surface area contributed by atoms with Gasteiger partial charge in [-0.3, -0.25) is 9.20 Å². The lowest BCUT2D eigenvalue weighted by Crippen LogP contribution is -2.36. The van der Waals surface area contributed by atoms with Crippen molar-refractivity contribution in [3.63, 3.8) is 0 Å². The predicted octanol–water partition coefficient (Wildman–Crippen LogP) is 2.44. The van der Waals surface area contributed by atoms with E-state index in [1.807, 2.05) is 36.5 Å². The van der Waals surface area contributed by atoms with Crippen molar-refractivity contribution in [1.29, 1.82) is 0 Å². The zero-order chi connectivity index (χ0) is 20.8. The predicted molar refractivity (Wildman–Crippen MR) is 115 cm³/mol. The van der Waals surface area contributed by atoms with Crippen molar-refractivity contribution in [2.45, 2.75) is 0 Å². The maximum Gasteiger partial charge on any atom is 0.250 e. The van der Waals surface area contributed by atoms with E-state index in [1.165, 1.54) is 0 Å². The van der Waals surface area contributed by atoms with Crippen molar-refractivity contribution in [2.24, 2.45) is 0 Å². The summed E-state index contributed by atoms with van der Waals surface area (Å²) < 4.78 is 17.7. The van der Waals surface area contributed by atoms with Crippen LogP contribution in [0.5, 0.6) is 0 Å². The summed E-state index contributed by atoms with van der Waals surface area (Å²) in [7, 11) is 1.60. The van der Waals surface area contributed by atoms with Gasteiger partial charge in [-0.1, -0.05) is 12.1 Å². The maximum absolute atomic E-state index is 12.1. The zero-order valence-electron chi connectivity index (χ0n) is 17.0. The molecular weight excluding hydrogens is 384 g/mol. The molecule has 1 amide bonds. The first-order chi connectivity index (χ1) is 14.7. The number of ether oxygens (including phenoxy) is 3. The van der Waals surface area contributed by atoms with Gasteiger partial charge in [0.25, 0.3) is 0 Å². The molecule has 0 radical (unpaired) electrons. The summed E-state index contributed by atoms with van der Waals surface area (Å²) in [5, 5.41) is 2.88. The molecule has 1 aliphatic rings. The Balaban J connectivity index is 1.52. The topological polar surface area (TPSA) is 77.3 Å². The number of nitrogens with zero attached hydrogens (tertiary/aromatic N) is 3. The first-order valence-corrected chi connectivity index (χ1v) is 10.0. The van der Waals surface area contributed by atoms with Crippen LogP contribution in [0.1, 0.15) is 0 Å². The quantitative estimate of drug-likeness (QED) is 0.575. The molecule has 0 atom stereocenters. The molecule has 0 unspecified atom stereocenters. The van der Waals surface area contributed by atoms with E-state index in [9.17, 15) is 4.79 Å². The lowest BCUT2D eigenvalue weighted by atomic mass is 10.1. The van der Waals surface area contributed by atoms with Crippen molar-refractivity contribution in [2.75, 3.05) is 63.5 Å². The number of amides is 1. The van der Waals surface area contributed by atoms with Crippen molar-refractivity contribution in [1.82, 2.24) is 9.38 Å². The van der Waals surface area contributed by atoms with Gasteiger partial charge in [0, 0.05) is 37.6 Å². The third kappa shape index (κ3) is 4.79. The normalized spacial score (nSPS) is 14.2.